The summed E-state index contributed by atoms with van der Waals surface area (Å²) in [5, 5.41) is 10.8. The maximum atomic E-state index is 12.9. The highest BCUT2D eigenvalue weighted by molar-refractivity contribution is 6.07. The van der Waals surface area contributed by atoms with Crippen LogP contribution in [-0.2, 0) is 7.05 Å². The van der Waals surface area contributed by atoms with Crippen molar-refractivity contribution in [1.29, 1.82) is 0 Å². The molecule has 0 aliphatic rings. The molecule has 0 saturated heterocycles. The van der Waals surface area contributed by atoms with Crippen molar-refractivity contribution in [2.45, 2.75) is 13.8 Å². The van der Waals surface area contributed by atoms with Crippen LogP contribution >= 0.6 is 0 Å². The lowest BCUT2D eigenvalue weighted by Crippen LogP contribution is -2.14. The number of oxazole rings is 1. The number of rotatable bonds is 4. The minimum absolute atomic E-state index is 0.289. The van der Waals surface area contributed by atoms with Crippen LogP contribution in [-0.4, -0.2) is 30.6 Å². The van der Waals surface area contributed by atoms with Gasteiger partial charge >= 0.3 is 0 Å². The van der Waals surface area contributed by atoms with Gasteiger partial charge in [0.2, 0.25) is 5.89 Å². The van der Waals surface area contributed by atoms with E-state index in [2.05, 4.69) is 25.5 Å². The van der Waals surface area contributed by atoms with E-state index in [4.69, 9.17) is 4.42 Å². The average Bonchev–Trinajstić information content (AvgIpc) is 3.27. The molecule has 0 spiro atoms. The Kier molecular flexibility index (Phi) is 4.44. The van der Waals surface area contributed by atoms with E-state index < -0.39 is 0 Å². The molecule has 0 radical (unpaired) electrons. The zero-order valence-electron chi connectivity index (χ0n) is 15.7. The van der Waals surface area contributed by atoms with Crippen molar-refractivity contribution >= 4 is 11.6 Å². The number of anilines is 1. The van der Waals surface area contributed by atoms with Crippen molar-refractivity contribution in [3.05, 3.63) is 65.9 Å². The van der Waals surface area contributed by atoms with Crippen molar-refractivity contribution < 1.29 is 9.21 Å². The van der Waals surface area contributed by atoms with Crippen LogP contribution < -0.4 is 5.32 Å². The summed E-state index contributed by atoms with van der Waals surface area (Å²) in [6.07, 6.45) is 3.18. The number of aryl methyl sites for hydroxylation is 3. The molecule has 1 amide bonds. The van der Waals surface area contributed by atoms with E-state index in [0.29, 0.717) is 28.7 Å². The number of pyridine rings is 1. The highest BCUT2D eigenvalue weighted by Crippen LogP contribution is 2.25. The van der Waals surface area contributed by atoms with Crippen LogP contribution in [0.2, 0.25) is 0 Å². The Labute approximate surface area is 161 Å². The molecule has 28 heavy (non-hydrogen) atoms. The Morgan fingerprint density at radius 1 is 1.18 bits per heavy atom. The van der Waals surface area contributed by atoms with Gasteiger partial charge < -0.3 is 14.3 Å². The first-order valence-electron chi connectivity index (χ1n) is 8.68. The molecule has 140 valence electrons. The number of hydrogen-bond donors (Lipinski definition) is 1. The van der Waals surface area contributed by atoms with Crippen LogP contribution in [0, 0.1) is 13.8 Å². The molecule has 0 atom stereocenters. The number of nitrogens with one attached hydrogen (secondary N) is 1. The molecule has 0 unspecified atom stereocenters. The van der Waals surface area contributed by atoms with Gasteiger partial charge in [-0.05, 0) is 44.2 Å². The van der Waals surface area contributed by atoms with Gasteiger partial charge in [-0.3, -0.25) is 9.78 Å². The van der Waals surface area contributed by atoms with E-state index in [9.17, 15) is 4.79 Å². The van der Waals surface area contributed by atoms with Crippen molar-refractivity contribution in [1.82, 2.24) is 24.7 Å². The number of carbonyl (C=O) groups excluding carboxylic acids is 1. The maximum Gasteiger partial charge on any atom is 0.257 e. The molecule has 0 bridgehead atoms. The van der Waals surface area contributed by atoms with Crippen LogP contribution in [0.1, 0.15) is 21.8 Å². The van der Waals surface area contributed by atoms with Gasteiger partial charge in [0.25, 0.3) is 5.91 Å². The van der Waals surface area contributed by atoms with E-state index in [1.54, 1.807) is 36.3 Å². The van der Waals surface area contributed by atoms with Crippen molar-refractivity contribution in [3.8, 4) is 23.0 Å². The molecular formula is C20H18N6O2. The second kappa shape index (κ2) is 7.07. The fourth-order valence-corrected chi connectivity index (χ4v) is 2.79. The molecular weight excluding hydrogens is 356 g/mol. The molecule has 4 aromatic rings. The SMILES string of the molecule is Cc1nc(-c2cccc(NC(=O)c3cccnc3-c3nncn3C)c2)oc1C. The summed E-state index contributed by atoms with van der Waals surface area (Å²) in [6, 6.07) is 10.8. The van der Waals surface area contributed by atoms with Gasteiger partial charge in [-0.25, -0.2) is 4.98 Å². The van der Waals surface area contributed by atoms with Gasteiger partial charge in [-0.1, -0.05) is 6.07 Å². The van der Waals surface area contributed by atoms with Crippen LogP contribution in [0.15, 0.2) is 53.3 Å². The Morgan fingerprint density at radius 2 is 2.04 bits per heavy atom. The summed E-state index contributed by atoms with van der Waals surface area (Å²) < 4.78 is 7.39. The molecule has 3 heterocycles. The first kappa shape index (κ1) is 17.6. The van der Waals surface area contributed by atoms with Crippen LogP contribution in [0.3, 0.4) is 0 Å². The van der Waals surface area contributed by atoms with Crippen molar-refractivity contribution in [2.75, 3.05) is 5.32 Å². The van der Waals surface area contributed by atoms with Crippen molar-refractivity contribution in [2.24, 2.45) is 7.05 Å². The Hall–Kier alpha value is -3.81. The largest absolute Gasteiger partial charge is 0.441 e. The Bertz CT molecular complexity index is 1140. The molecule has 0 fully saturated rings. The fraction of sp³-hybridized carbons (Fsp3) is 0.150. The van der Waals surface area contributed by atoms with Crippen molar-refractivity contribution in [3.63, 3.8) is 0 Å². The fourth-order valence-electron chi connectivity index (χ4n) is 2.79. The summed E-state index contributed by atoms with van der Waals surface area (Å²) in [5.41, 5.74) is 3.13. The zero-order chi connectivity index (χ0) is 19.7. The van der Waals surface area contributed by atoms with E-state index in [0.717, 1.165) is 17.0 Å². The number of amides is 1. The number of benzene rings is 1. The zero-order valence-corrected chi connectivity index (χ0v) is 15.7. The second-order valence-corrected chi connectivity index (χ2v) is 6.36. The third-order valence-corrected chi connectivity index (χ3v) is 4.37. The summed E-state index contributed by atoms with van der Waals surface area (Å²) in [4.78, 5) is 21.6. The normalized spacial score (nSPS) is 10.8. The molecule has 8 heteroatoms. The third kappa shape index (κ3) is 3.27. The molecule has 1 aromatic carbocycles. The summed E-state index contributed by atoms with van der Waals surface area (Å²) in [7, 11) is 1.80. The van der Waals surface area contributed by atoms with E-state index in [-0.39, 0.29) is 5.91 Å². The maximum absolute atomic E-state index is 12.9. The molecule has 4 rings (SSSR count). The van der Waals surface area contributed by atoms with Crippen LogP contribution in [0.5, 0.6) is 0 Å². The lowest BCUT2D eigenvalue weighted by Gasteiger charge is -2.09. The topological polar surface area (TPSA) is 98.7 Å². The minimum atomic E-state index is -0.289. The summed E-state index contributed by atoms with van der Waals surface area (Å²) in [5.74, 6) is 1.52. The lowest BCUT2D eigenvalue weighted by atomic mass is 10.1. The number of nitrogens with zero attached hydrogens (tertiary/aromatic N) is 5. The van der Waals surface area contributed by atoms with Gasteiger partial charge in [0, 0.05) is 24.5 Å². The van der Waals surface area contributed by atoms with E-state index >= 15 is 0 Å². The van der Waals surface area contributed by atoms with E-state index in [1.807, 2.05) is 38.1 Å². The summed E-state index contributed by atoms with van der Waals surface area (Å²) in [6.45, 7) is 3.76. The predicted octanol–water partition coefficient (Wildman–Crippen LogP) is 3.40. The monoisotopic (exact) mass is 374 g/mol. The molecule has 0 aliphatic heterocycles. The first-order chi connectivity index (χ1) is 13.5. The van der Waals surface area contributed by atoms with Gasteiger partial charge in [0.05, 0.1) is 11.3 Å². The van der Waals surface area contributed by atoms with Gasteiger partial charge in [0.1, 0.15) is 17.8 Å². The second-order valence-electron chi connectivity index (χ2n) is 6.36. The number of hydrogen-bond acceptors (Lipinski definition) is 6. The first-order valence-corrected chi connectivity index (χ1v) is 8.68. The molecule has 0 aliphatic carbocycles. The standard InChI is InChI=1S/C20H18N6O2/c1-12-13(2)28-20(23-12)14-6-4-7-15(10-14)24-19(27)16-8-5-9-21-17(16)18-25-22-11-26(18)3/h4-11H,1-3H3,(H,24,27). The molecule has 1 N–H and O–H groups in total. The smallest absolute Gasteiger partial charge is 0.257 e. The quantitative estimate of drug-likeness (QED) is 0.588. The third-order valence-electron chi connectivity index (χ3n) is 4.37. The van der Waals surface area contributed by atoms with Gasteiger partial charge in [-0.15, -0.1) is 10.2 Å². The van der Waals surface area contributed by atoms with Crippen LogP contribution in [0.25, 0.3) is 23.0 Å². The lowest BCUT2D eigenvalue weighted by molar-refractivity contribution is 0.102. The summed E-state index contributed by atoms with van der Waals surface area (Å²) >= 11 is 0. The Morgan fingerprint density at radius 3 is 2.75 bits per heavy atom. The highest BCUT2D eigenvalue weighted by Gasteiger charge is 2.18. The highest BCUT2D eigenvalue weighted by atomic mass is 16.4. The van der Waals surface area contributed by atoms with Gasteiger partial charge in [-0.2, -0.15) is 0 Å². The molecule has 0 saturated carbocycles. The number of aromatic nitrogens is 5. The van der Waals surface area contributed by atoms with Gasteiger partial charge in [0.15, 0.2) is 5.82 Å². The van der Waals surface area contributed by atoms with E-state index in [1.165, 1.54) is 0 Å². The molecule has 3 aromatic heterocycles. The van der Waals surface area contributed by atoms with Crippen LogP contribution in [0.4, 0.5) is 5.69 Å². The minimum Gasteiger partial charge on any atom is -0.441 e. The predicted molar refractivity (Wildman–Crippen MR) is 104 cm³/mol. The number of carbonyl (C=O) groups is 1. The Balaban J connectivity index is 1.63. The molecule has 8 nitrogen and oxygen atoms in total. The average molecular weight is 374 g/mol.